The van der Waals surface area contributed by atoms with Crippen LogP contribution < -0.4 is 5.32 Å². The second kappa shape index (κ2) is 5.42. The number of carbonyl (C=O) groups excluding carboxylic acids is 1. The Bertz CT molecular complexity index is 258. The smallest absolute Gasteiger partial charge is 0.322 e. The summed E-state index contributed by atoms with van der Waals surface area (Å²) in [6.45, 7) is -0.286. The summed E-state index contributed by atoms with van der Waals surface area (Å²) >= 11 is 0. The molecule has 1 rings (SSSR count). The fraction of sp³-hybridized carbons (Fsp3) is 0.600. The highest BCUT2D eigenvalue weighted by molar-refractivity contribution is 5.82. The molecule has 0 fully saturated rings. The number of nitrogens with one attached hydrogen (secondary N) is 1. The number of rotatable bonds is 4. The summed E-state index contributed by atoms with van der Waals surface area (Å²) in [5.74, 6) is -1.20. The first-order chi connectivity index (χ1) is 6.68. The van der Waals surface area contributed by atoms with Gasteiger partial charge in [0, 0.05) is 6.42 Å². The molecule has 2 N–H and O–H groups in total. The lowest BCUT2D eigenvalue weighted by Crippen LogP contribution is -2.29. The summed E-state index contributed by atoms with van der Waals surface area (Å²) in [6.07, 6.45) is 6.79. The molecular formula is C10H15NO3. The third kappa shape index (κ3) is 4.07. The fourth-order valence-corrected chi connectivity index (χ4v) is 1.51. The van der Waals surface area contributed by atoms with E-state index in [9.17, 15) is 9.59 Å². The molecule has 0 saturated heterocycles. The van der Waals surface area contributed by atoms with E-state index in [2.05, 4.69) is 11.4 Å². The van der Waals surface area contributed by atoms with E-state index in [1.54, 1.807) is 0 Å². The molecule has 0 aromatic rings. The molecule has 0 aliphatic heterocycles. The lowest BCUT2D eigenvalue weighted by atomic mass is 9.97. The molecule has 78 valence electrons. The van der Waals surface area contributed by atoms with Crippen molar-refractivity contribution in [1.82, 2.24) is 5.32 Å². The second-order valence-corrected chi connectivity index (χ2v) is 3.46. The molecule has 14 heavy (non-hydrogen) atoms. The van der Waals surface area contributed by atoms with Crippen molar-refractivity contribution in [1.29, 1.82) is 0 Å². The van der Waals surface area contributed by atoms with Crippen LogP contribution in [0.15, 0.2) is 11.6 Å². The predicted octanol–water partition coefficient (Wildman–Crippen LogP) is 1.08. The predicted molar refractivity (Wildman–Crippen MR) is 51.8 cm³/mol. The number of aliphatic carboxylic acids is 1. The normalized spacial score (nSPS) is 15.9. The van der Waals surface area contributed by atoms with Gasteiger partial charge >= 0.3 is 5.97 Å². The van der Waals surface area contributed by atoms with Gasteiger partial charge in [-0.2, -0.15) is 0 Å². The third-order valence-electron chi connectivity index (χ3n) is 2.21. The zero-order chi connectivity index (χ0) is 10.4. The quantitative estimate of drug-likeness (QED) is 0.663. The molecule has 4 heteroatoms. The minimum atomic E-state index is -1.00. The van der Waals surface area contributed by atoms with E-state index in [1.165, 1.54) is 6.42 Å². The largest absolute Gasteiger partial charge is 0.480 e. The van der Waals surface area contributed by atoms with Crippen molar-refractivity contribution in [3.63, 3.8) is 0 Å². The van der Waals surface area contributed by atoms with Gasteiger partial charge in [-0.3, -0.25) is 9.59 Å². The van der Waals surface area contributed by atoms with Crippen LogP contribution in [0.2, 0.25) is 0 Å². The molecular weight excluding hydrogens is 182 g/mol. The lowest BCUT2D eigenvalue weighted by molar-refractivity contribution is -0.137. The SMILES string of the molecule is O=C(O)CNC(=O)CC1=CCCCC1. The Kier molecular flexibility index (Phi) is 4.16. The average Bonchev–Trinajstić information content (AvgIpc) is 2.16. The van der Waals surface area contributed by atoms with Crippen molar-refractivity contribution in [3.05, 3.63) is 11.6 Å². The van der Waals surface area contributed by atoms with Crippen LogP contribution in [0.3, 0.4) is 0 Å². The standard InChI is InChI=1S/C10H15NO3/c12-9(11-7-10(13)14)6-8-4-2-1-3-5-8/h4H,1-3,5-7H2,(H,11,12)(H,13,14). The van der Waals surface area contributed by atoms with Gasteiger partial charge < -0.3 is 10.4 Å². The van der Waals surface area contributed by atoms with E-state index in [4.69, 9.17) is 5.11 Å². The number of hydrogen-bond donors (Lipinski definition) is 2. The van der Waals surface area contributed by atoms with Crippen LogP contribution in [0.1, 0.15) is 32.1 Å². The lowest BCUT2D eigenvalue weighted by Gasteiger charge is -2.11. The first-order valence-corrected chi connectivity index (χ1v) is 4.85. The Morgan fingerprint density at radius 1 is 1.43 bits per heavy atom. The monoisotopic (exact) mass is 197 g/mol. The van der Waals surface area contributed by atoms with Gasteiger partial charge in [-0.25, -0.2) is 0 Å². The molecule has 0 radical (unpaired) electrons. The van der Waals surface area contributed by atoms with Gasteiger partial charge in [0.1, 0.15) is 6.54 Å². The van der Waals surface area contributed by atoms with Crippen molar-refractivity contribution >= 4 is 11.9 Å². The Hall–Kier alpha value is -1.32. The first-order valence-electron chi connectivity index (χ1n) is 4.85. The fourth-order valence-electron chi connectivity index (χ4n) is 1.51. The van der Waals surface area contributed by atoms with Crippen molar-refractivity contribution in [2.45, 2.75) is 32.1 Å². The number of carbonyl (C=O) groups is 2. The molecule has 0 saturated carbocycles. The summed E-state index contributed by atoms with van der Waals surface area (Å²) in [4.78, 5) is 21.4. The van der Waals surface area contributed by atoms with Crippen molar-refractivity contribution in [2.24, 2.45) is 0 Å². The van der Waals surface area contributed by atoms with Crippen molar-refractivity contribution < 1.29 is 14.7 Å². The molecule has 0 atom stereocenters. The minimum Gasteiger partial charge on any atom is -0.480 e. The van der Waals surface area contributed by atoms with Gasteiger partial charge in [0.25, 0.3) is 0 Å². The van der Waals surface area contributed by atoms with E-state index in [1.807, 2.05) is 0 Å². The molecule has 0 spiro atoms. The molecule has 1 aliphatic rings. The summed E-state index contributed by atoms with van der Waals surface area (Å²) in [5.41, 5.74) is 1.14. The highest BCUT2D eigenvalue weighted by atomic mass is 16.4. The molecule has 0 heterocycles. The van der Waals surface area contributed by atoms with Crippen LogP contribution >= 0.6 is 0 Å². The van der Waals surface area contributed by atoms with Gasteiger partial charge in [-0.15, -0.1) is 0 Å². The van der Waals surface area contributed by atoms with E-state index >= 15 is 0 Å². The molecule has 0 unspecified atom stereocenters. The van der Waals surface area contributed by atoms with E-state index in [0.29, 0.717) is 6.42 Å². The summed E-state index contributed by atoms with van der Waals surface area (Å²) < 4.78 is 0. The first kappa shape index (κ1) is 10.8. The molecule has 0 aromatic heterocycles. The number of hydrogen-bond acceptors (Lipinski definition) is 2. The van der Waals surface area contributed by atoms with Crippen LogP contribution in [0.5, 0.6) is 0 Å². The molecule has 0 aromatic carbocycles. The zero-order valence-electron chi connectivity index (χ0n) is 8.08. The topological polar surface area (TPSA) is 66.4 Å². The second-order valence-electron chi connectivity index (χ2n) is 3.46. The van der Waals surface area contributed by atoms with Crippen LogP contribution in [0.25, 0.3) is 0 Å². The van der Waals surface area contributed by atoms with Crippen molar-refractivity contribution in [3.8, 4) is 0 Å². The van der Waals surface area contributed by atoms with Gasteiger partial charge in [-0.05, 0) is 25.7 Å². The highest BCUT2D eigenvalue weighted by Crippen LogP contribution is 2.19. The average molecular weight is 197 g/mol. The Balaban J connectivity index is 2.25. The van der Waals surface area contributed by atoms with Crippen LogP contribution in [0, 0.1) is 0 Å². The number of carboxylic acids is 1. The van der Waals surface area contributed by atoms with Crippen LogP contribution in [-0.2, 0) is 9.59 Å². The zero-order valence-corrected chi connectivity index (χ0v) is 8.08. The number of allylic oxidation sites excluding steroid dienone is 1. The Morgan fingerprint density at radius 3 is 2.79 bits per heavy atom. The number of carboxylic acid groups (broad SMARTS) is 1. The Morgan fingerprint density at radius 2 is 2.21 bits per heavy atom. The van der Waals surface area contributed by atoms with Crippen LogP contribution in [-0.4, -0.2) is 23.5 Å². The van der Waals surface area contributed by atoms with Gasteiger partial charge in [0.15, 0.2) is 0 Å². The van der Waals surface area contributed by atoms with Gasteiger partial charge in [-0.1, -0.05) is 11.6 Å². The minimum absolute atomic E-state index is 0.194. The third-order valence-corrected chi connectivity index (χ3v) is 2.21. The maximum Gasteiger partial charge on any atom is 0.322 e. The summed E-state index contributed by atoms with van der Waals surface area (Å²) in [5, 5.41) is 10.7. The van der Waals surface area contributed by atoms with E-state index < -0.39 is 5.97 Å². The summed E-state index contributed by atoms with van der Waals surface area (Å²) in [6, 6.07) is 0. The highest BCUT2D eigenvalue weighted by Gasteiger charge is 2.09. The number of amides is 1. The molecule has 0 bridgehead atoms. The van der Waals surface area contributed by atoms with Crippen molar-refractivity contribution in [2.75, 3.05) is 6.54 Å². The van der Waals surface area contributed by atoms with Gasteiger partial charge in [0.2, 0.25) is 5.91 Å². The van der Waals surface area contributed by atoms with Crippen LogP contribution in [0.4, 0.5) is 0 Å². The molecule has 4 nitrogen and oxygen atoms in total. The van der Waals surface area contributed by atoms with Gasteiger partial charge in [0.05, 0.1) is 0 Å². The van der Waals surface area contributed by atoms with E-state index in [-0.39, 0.29) is 12.5 Å². The Labute approximate surface area is 83.0 Å². The molecule has 1 amide bonds. The maximum absolute atomic E-state index is 11.2. The molecule has 1 aliphatic carbocycles. The van der Waals surface area contributed by atoms with E-state index in [0.717, 1.165) is 24.8 Å². The maximum atomic E-state index is 11.2. The summed E-state index contributed by atoms with van der Waals surface area (Å²) in [7, 11) is 0.